The first-order valence-electron chi connectivity index (χ1n) is 5.16. The van der Waals surface area contributed by atoms with Crippen LogP contribution in [0.2, 0.25) is 0 Å². The van der Waals surface area contributed by atoms with Gasteiger partial charge in [-0.2, -0.15) is 0 Å². The topological polar surface area (TPSA) is 68.0 Å². The molecule has 82 valence electrons. The van der Waals surface area contributed by atoms with Gasteiger partial charge in [-0.1, -0.05) is 13.3 Å². The highest BCUT2D eigenvalue weighted by atomic mass is 16.1. The minimum absolute atomic E-state index is 0.0880. The molecule has 3 N–H and O–H groups in total. The summed E-state index contributed by atoms with van der Waals surface area (Å²) in [5.41, 5.74) is 6.13. The predicted molar refractivity (Wildman–Crippen MR) is 59.4 cm³/mol. The first-order chi connectivity index (χ1) is 7.27. The number of rotatable bonds is 5. The molecule has 0 saturated heterocycles. The van der Waals surface area contributed by atoms with E-state index in [1.807, 2.05) is 0 Å². The quantitative estimate of drug-likeness (QED) is 0.750. The highest BCUT2D eigenvalue weighted by Crippen LogP contribution is 1.99. The Labute approximate surface area is 89.9 Å². The molecule has 4 nitrogen and oxygen atoms in total. The molecule has 1 aromatic rings. The number of aromatic nitrogens is 1. The summed E-state index contributed by atoms with van der Waals surface area (Å²) in [6.07, 6.45) is 4.17. The molecule has 1 unspecified atom stereocenters. The van der Waals surface area contributed by atoms with Crippen LogP contribution in [0.4, 0.5) is 0 Å². The Morgan fingerprint density at radius 2 is 2.47 bits per heavy atom. The summed E-state index contributed by atoms with van der Waals surface area (Å²) in [6.45, 7) is 3.29. The average molecular weight is 207 g/mol. The highest BCUT2D eigenvalue weighted by Gasteiger charge is 2.08. The van der Waals surface area contributed by atoms with E-state index in [0.29, 0.717) is 24.6 Å². The van der Waals surface area contributed by atoms with Crippen molar-refractivity contribution in [2.45, 2.75) is 13.3 Å². The molecule has 1 atom stereocenters. The van der Waals surface area contributed by atoms with Crippen LogP contribution in [0.25, 0.3) is 0 Å². The van der Waals surface area contributed by atoms with Crippen molar-refractivity contribution < 1.29 is 4.79 Å². The van der Waals surface area contributed by atoms with Crippen LogP contribution < -0.4 is 11.1 Å². The fourth-order valence-electron chi connectivity index (χ4n) is 1.23. The zero-order valence-corrected chi connectivity index (χ0v) is 8.94. The number of amides is 1. The van der Waals surface area contributed by atoms with Crippen LogP contribution in [-0.2, 0) is 0 Å². The maximum atomic E-state index is 11.6. The smallest absolute Gasteiger partial charge is 0.252 e. The monoisotopic (exact) mass is 207 g/mol. The number of nitrogens with one attached hydrogen (secondary N) is 1. The third kappa shape index (κ3) is 3.67. The van der Waals surface area contributed by atoms with E-state index in [-0.39, 0.29) is 5.91 Å². The summed E-state index contributed by atoms with van der Waals surface area (Å²) in [4.78, 5) is 15.5. The van der Waals surface area contributed by atoms with Crippen molar-refractivity contribution in [3.8, 4) is 0 Å². The number of carbonyl (C=O) groups excluding carboxylic acids is 1. The van der Waals surface area contributed by atoms with Gasteiger partial charge in [0.05, 0.1) is 5.56 Å². The van der Waals surface area contributed by atoms with Crippen LogP contribution in [0.5, 0.6) is 0 Å². The Bertz CT molecular complexity index is 296. The summed E-state index contributed by atoms with van der Waals surface area (Å²) in [5, 5.41) is 2.84. The van der Waals surface area contributed by atoms with Crippen molar-refractivity contribution in [3.63, 3.8) is 0 Å². The van der Waals surface area contributed by atoms with E-state index < -0.39 is 0 Å². The maximum absolute atomic E-state index is 11.6. The first kappa shape index (κ1) is 11.7. The largest absolute Gasteiger partial charge is 0.352 e. The van der Waals surface area contributed by atoms with Crippen molar-refractivity contribution in [1.29, 1.82) is 0 Å². The molecule has 1 rings (SSSR count). The summed E-state index contributed by atoms with van der Waals surface area (Å²) in [6, 6.07) is 3.49. The van der Waals surface area contributed by atoms with E-state index in [1.54, 1.807) is 24.5 Å². The standard InChI is InChI=1S/C11H17N3O/c1-2-9(6-12)7-14-11(15)10-4-3-5-13-8-10/h3-5,8-9H,2,6-7,12H2,1H3,(H,14,15). The number of carbonyl (C=O) groups is 1. The van der Waals surface area contributed by atoms with Gasteiger partial charge in [0.25, 0.3) is 5.91 Å². The molecular weight excluding hydrogens is 190 g/mol. The van der Waals surface area contributed by atoms with Gasteiger partial charge in [-0.3, -0.25) is 9.78 Å². The molecule has 0 aliphatic heterocycles. The van der Waals surface area contributed by atoms with Gasteiger partial charge in [0.2, 0.25) is 0 Å². The van der Waals surface area contributed by atoms with E-state index >= 15 is 0 Å². The van der Waals surface area contributed by atoms with Crippen LogP contribution in [0, 0.1) is 5.92 Å². The molecule has 0 bridgehead atoms. The number of nitrogens with two attached hydrogens (primary N) is 1. The van der Waals surface area contributed by atoms with Gasteiger partial charge in [-0.15, -0.1) is 0 Å². The molecule has 4 heteroatoms. The second-order valence-electron chi connectivity index (χ2n) is 3.46. The fraction of sp³-hybridized carbons (Fsp3) is 0.455. The van der Waals surface area contributed by atoms with Crippen molar-refractivity contribution in [1.82, 2.24) is 10.3 Å². The lowest BCUT2D eigenvalue weighted by molar-refractivity contribution is 0.0947. The predicted octanol–water partition coefficient (Wildman–Crippen LogP) is 0.796. The molecule has 0 aliphatic rings. The third-order valence-corrected chi connectivity index (χ3v) is 2.39. The average Bonchev–Trinajstić information content (AvgIpc) is 2.31. The van der Waals surface area contributed by atoms with Crippen LogP contribution >= 0.6 is 0 Å². The SMILES string of the molecule is CCC(CN)CNC(=O)c1cccnc1. The first-order valence-corrected chi connectivity index (χ1v) is 5.16. The van der Waals surface area contributed by atoms with Crippen LogP contribution in [0.3, 0.4) is 0 Å². The Morgan fingerprint density at radius 3 is 3.00 bits per heavy atom. The van der Waals surface area contributed by atoms with Gasteiger partial charge < -0.3 is 11.1 Å². The van der Waals surface area contributed by atoms with E-state index in [4.69, 9.17) is 5.73 Å². The Balaban J connectivity index is 2.43. The van der Waals surface area contributed by atoms with Crippen LogP contribution in [0.15, 0.2) is 24.5 Å². The van der Waals surface area contributed by atoms with Crippen molar-refractivity contribution in [3.05, 3.63) is 30.1 Å². The lowest BCUT2D eigenvalue weighted by Gasteiger charge is -2.12. The van der Waals surface area contributed by atoms with E-state index in [1.165, 1.54) is 0 Å². The molecule has 0 aromatic carbocycles. The lowest BCUT2D eigenvalue weighted by atomic mass is 10.1. The van der Waals surface area contributed by atoms with Gasteiger partial charge in [0.15, 0.2) is 0 Å². The van der Waals surface area contributed by atoms with Gasteiger partial charge in [0, 0.05) is 18.9 Å². The van der Waals surface area contributed by atoms with E-state index in [9.17, 15) is 4.79 Å². The van der Waals surface area contributed by atoms with Gasteiger partial charge in [-0.05, 0) is 24.6 Å². The van der Waals surface area contributed by atoms with Crippen LogP contribution in [0.1, 0.15) is 23.7 Å². The Morgan fingerprint density at radius 1 is 1.67 bits per heavy atom. The van der Waals surface area contributed by atoms with Gasteiger partial charge >= 0.3 is 0 Å². The van der Waals surface area contributed by atoms with Crippen molar-refractivity contribution in [2.75, 3.05) is 13.1 Å². The molecule has 1 amide bonds. The Kier molecular flexibility index (Phi) is 4.77. The molecular formula is C11H17N3O. The molecule has 15 heavy (non-hydrogen) atoms. The molecule has 1 aromatic heterocycles. The number of hydrogen-bond donors (Lipinski definition) is 2. The highest BCUT2D eigenvalue weighted by molar-refractivity contribution is 5.93. The second kappa shape index (κ2) is 6.14. The lowest BCUT2D eigenvalue weighted by Crippen LogP contribution is -2.32. The molecule has 0 saturated carbocycles. The molecule has 0 aliphatic carbocycles. The zero-order valence-electron chi connectivity index (χ0n) is 8.94. The maximum Gasteiger partial charge on any atom is 0.252 e. The third-order valence-electron chi connectivity index (χ3n) is 2.39. The summed E-state index contributed by atoms with van der Waals surface area (Å²) < 4.78 is 0. The van der Waals surface area contributed by atoms with Crippen molar-refractivity contribution in [2.24, 2.45) is 11.7 Å². The summed E-state index contributed by atoms with van der Waals surface area (Å²) >= 11 is 0. The van der Waals surface area contributed by atoms with Crippen LogP contribution in [-0.4, -0.2) is 24.0 Å². The van der Waals surface area contributed by atoms with Gasteiger partial charge in [0.1, 0.15) is 0 Å². The summed E-state index contributed by atoms with van der Waals surface area (Å²) in [7, 11) is 0. The van der Waals surface area contributed by atoms with E-state index in [0.717, 1.165) is 6.42 Å². The normalized spacial score (nSPS) is 12.1. The second-order valence-corrected chi connectivity index (χ2v) is 3.46. The molecule has 0 spiro atoms. The molecule has 0 fully saturated rings. The zero-order chi connectivity index (χ0) is 11.1. The molecule has 0 radical (unpaired) electrons. The van der Waals surface area contributed by atoms with Crippen molar-refractivity contribution >= 4 is 5.91 Å². The number of pyridine rings is 1. The van der Waals surface area contributed by atoms with Gasteiger partial charge in [-0.25, -0.2) is 0 Å². The number of hydrogen-bond acceptors (Lipinski definition) is 3. The Hall–Kier alpha value is -1.42. The minimum atomic E-state index is -0.0880. The molecule has 1 heterocycles. The number of nitrogens with zero attached hydrogens (tertiary/aromatic N) is 1. The fourth-order valence-corrected chi connectivity index (χ4v) is 1.23. The summed E-state index contributed by atoms with van der Waals surface area (Å²) in [5.74, 6) is 0.264. The minimum Gasteiger partial charge on any atom is -0.352 e. The van der Waals surface area contributed by atoms with E-state index in [2.05, 4.69) is 17.2 Å².